The lowest BCUT2D eigenvalue weighted by molar-refractivity contribution is -0.151. The largest absolute Gasteiger partial charge is 0.468 e. The van der Waals surface area contributed by atoms with Crippen molar-refractivity contribution < 1.29 is 14.6 Å². The van der Waals surface area contributed by atoms with Gasteiger partial charge in [0.2, 0.25) is 0 Å². The van der Waals surface area contributed by atoms with Gasteiger partial charge in [-0.15, -0.1) is 0 Å². The van der Waals surface area contributed by atoms with E-state index in [0.29, 0.717) is 5.92 Å². The highest BCUT2D eigenvalue weighted by atomic mass is 16.5. The van der Waals surface area contributed by atoms with Gasteiger partial charge in [-0.3, -0.25) is 4.79 Å². The molecule has 2 aliphatic carbocycles. The van der Waals surface area contributed by atoms with E-state index in [1.165, 1.54) is 12.7 Å². The summed E-state index contributed by atoms with van der Waals surface area (Å²) < 4.78 is 5.10. The van der Waals surface area contributed by atoms with Gasteiger partial charge in [-0.25, -0.2) is 0 Å². The summed E-state index contributed by atoms with van der Waals surface area (Å²) in [6.45, 7) is 8.49. The third-order valence-electron chi connectivity index (χ3n) is 6.16. The van der Waals surface area contributed by atoms with Crippen LogP contribution in [0.25, 0.3) is 0 Å². The first-order chi connectivity index (χ1) is 11.2. The Hall–Kier alpha value is -1.61. The summed E-state index contributed by atoms with van der Waals surface area (Å²) in [5, 5.41) is 10.8. The number of carbonyl (C=O) groups excluding carboxylic acids is 1. The number of benzene rings is 1. The van der Waals surface area contributed by atoms with Gasteiger partial charge in [0.25, 0.3) is 0 Å². The highest BCUT2D eigenvalue weighted by Crippen LogP contribution is 2.56. The van der Waals surface area contributed by atoms with E-state index in [1.807, 2.05) is 13.0 Å². The number of hydrogen-bond acceptors (Lipinski definition) is 3. The monoisotopic (exact) mass is 328 g/mol. The zero-order chi connectivity index (χ0) is 17.7. The number of esters is 1. The van der Waals surface area contributed by atoms with Crippen molar-refractivity contribution in [2.24, 2.45) is 5.41 Å². The van der Waals surface area contributed by atoms with Gasteiger partial charge < -0.3 is 9.84 Å². The molecule has 0 aromatic heterocycles. The molecule has 1 saturated carbocycles. The number of ether oxygens (including phenoxy) is 1. The molecule has 0 spiro atoms. The average molecular weight is 328 g/mol. The van der Waals surface area contributed by atoms with Gasteiger partial charge in [0.05, 0.1) is 18.6 Å². The van der Waals surface area contributed by atoms with E-state index in [9.17, 15) is 9.90 Å². The molecule has 2 aliphatic rings. The lowest BCUT2D eigenvalue weighted by Gasteiger charge is -2.49. The van der Waals surface area contributed by atoms with Gasteiger partial charge in [0.1, 0.15) is 0 Å². The highest BCUT2D eigenvalue weighted by Gasteiger charge is 2.52. The summed E-state index contributed by atoms with van der Waals surface area (Å²) in [5.74, 6) is 0.224. The van der Waals surface area contributed by atoms with Crippen LogP contribution in [0.2, 0.25) is 0 Å². The molecular weight excluding hydrogens is 300 g/mol. The summed E-state index contributed by atoms with van der Waals surface area (Å²) in [4.78, 5) is 12.5. The van der Waals surface area contributed by atoms with Gasteiger partial charge in [0.15, 0.2) is 0 Å². The maximum Gasteiger partial charge on any atom is 0.315 e. The van der Waals surface area contributed by atoms with Crippen molar-refractivity contribution >= 4 is 5.97 Å². The van der Waals surface area contributed by atoms with Gasteiger partial charge >= 0.3 is 5.97 Å². The molecule has 130 valence electrons. The highest BCUT2D eigenvalue weighted by molar-refractivity contribution is 5.82. The Balaban J connectivity index is 2.17. The Labute approximate surface area is 144 Å². The van der Waals surface area contributed by atoms with Crippen molar-refractivity contribution in [3.05, 3.63) is 46.5 Å². The van der Waals surface area contributed by atoms with Crippen molar-refractivity contribution in [2.75, 3.05) is 7.11 Å². The molecule has 24 heavy (non-hydrogen) atoms. The van der Waals surface area contributed by atoms with Crippen molar-refractivity contribution in [3.63, 3.8) is 0 Å². The maximum absolute atomic E-state index is 12.5. The van der Waals surface area contributed by atoms with E-state index in [2.05, 4.69) is 39.0 Å². The Morgan fingerprint density at radius 2 is 2.00 bits per heavy atom. The van der Waals surface area contributed by atoms with E-state index in [0.717, 1.165) is 36.0 Å². The zero-order valence-corrected chi connectivity index (χ0v) is 15.3. The summed E-state index contributed by atoms with van der Waals surface area (Å²) >= 11 is 0. The minimum Gasteiger partial charge on any atom is -0.468 e. The number of rotatable bonds is 2. The molecule has 0 heterocycles. The molecule has 1 aromatic rings. The second-order valence-corrected chi connectivity index (χ2v) is 8.04. The predicted octanol–water partition coefficient (Wildman–Crippen LogP) is 4.40. The van der Waals surface area contributed by atoms with E-state index < -0.39 is 11.5 Å². The first kappa shape index (κ1) is 17.2. The molecule has 0 radical (unpaired) electrons. The van der Waals surface area contributed by atoms with Crippen LogP contribution in [0.15, 0.2) is 29.8 Å². The first-order valence-corrected chi connectivity index (χ1v) is 8.87. The number of aliphatic hydroxyl groups is 1. The molecule has 1 N–H and O–H groups in total. The summed E-state index contributed by atoms with van der Waals surface area (Å²) in [6.07, 6.45) is 3.98. The van der Waals surface area contributed by atoms with Crippen molar-refractivity contribution in [1.82, 2.24) is 0 Å². The van der Waals surface area contributed by atoms with Gasteiger partial charge in [-0.1, -0.05) is 51.5 Å². The first-order valence-electron chi connectivity index (χ1n) is 8.87. The maximum atomic E-state index is 12.5. The van der Waals surface area contributed by atoms with Gasteiger partial charge in [-0.05, 0) is 47.9 Å². The number of fused-ring (bicyclic) bond motifs is 3. The third-order valence-corrected chi connectivity index (χ3v) is 6.16. The van der Waals surface area contributed by atoms with Crippen LogP contribution in [0.1, 0.15) is 75.7 Å². The molecular formula is C21H28O3. The van der Waals surface area contributed by atoms with Crippen LogP contribution in [-0.2, 0) is 14.9 Å². The smallest absolute Gasteiger partial charge is 0.315 e. The minimum atomic E-state index is -0.663. The van der Waals surface area contributed by atoms with Gasteiger partial charge in [0, 0.05) is 5.41 Å². The molecule has 3 rings (SSSR count). The molecule has 0 saturated heterocycles. The number of methoxy groups -OCH3 is 1. The number of aliphatic hydroxyl groups excluding tert-OH is 1. The van der Waals surface area contributed by atoms with Crippen LogP contribution in [0.3, 0.4) is 0 Å². The van der Waals surface area contributed by atoms with E-state index in [1.54, 1.807) is 0 Å². The molecule has 1 aromatic carbocycles. The molecule has 3 atom stereocenters. The van der Waals surface area contributed by atoms with Crippen molar-refractivity contribution in [2.45, 2.75) is 64.4 Å². The third kappa shape index (κ3) is 2.33. The quantitative estimate of drug-likeness (QED) is 0.646. The average Bonchev–Trinajstić information content (AvgIpc) is 2.56. The van der Waals surface area contributed by atoms with Crippen molar-refractivity contribution in [3.8, 4) is 0 Å². The van der Waals surface area contributed by atoms with Crippen LogP contribution in [0.4, 0.5) is 0 Å². The summed E-state index contributed by atoms with van der Waals surface area (Å²) in [7, 11) is 1.45. The normalized spacial score (nSPS) is 32.0. The molecule has 0 amide bonds. The lowest BCUT2D eigenvalue weighted by Crippen LogP contribution is -2.46. The molecule has 3 heteroatoms. The topological polar surface area (TPSA) is 46.5 Å². The van der Waals surface area contributed by atoms with Crippen LogP contribution in [-0.4, -0.2) is 18.2 Å². The minimum absolute atomic E-state index is 0.200. The van der Waals surface area contributed by atoms with Crippen LogP contribution < -0.4 is 0 Å². The molecule has 1 fully saturated rings. The van der Waals surface area contributed by atoms with E-state index >= 15 is 0 Å². The van der Waals surface area contributed by atoms with E-state index in [-0.39, 0.29) is 11.4 Å². The fraction of sp³-hybridized carbons (Fsp3) is 0.571. The SMILES string of the molecule is COC(=O)[C@]1(C)CCC[C@@]2(C)C1=CC(O)c1cc(C(C)C)ccc12. The second kappa shape index (κ2) is 5.73. The number of carbonyl (C=O) groups is 1. The van der Waals surface area contributed by atoms with E-state index in [4.69, 9.17) is 4.74 Å². The second-order valence-electron chi connectivity index (χ2n) is 8.04. The standard InChI is InChI=1S/C21H28O3/c1-13(2)14-7-8-16-15(11-14)17(22)12-18-20(16,3)9-6-10-21(18,4)19(23)24-5/h7-8,11-13,17,22H,6,9-10H2,1-5H3/t17?,20-,21-/m1/s1. The van der Waals surface area contributed by atoms with Gasteiger partial charge in [-0.2, -0.15) is 0 Å². The predicted molar refractivity (Wildman–Crippen MR) is 94.9 cm³/mol. The van der Waals surface area contributed by atoms with Crippen LogP contribution in [0, 0.1) is 5.41 Å². The molecule has 3 nitrogen and oxygen atoms in total. The Bertz CT molecular complexity index is 703. The molecule has 0 bridgehead atoms. The Kier molecular flexibility index (Phi) is 4.11. The zero-order valence-electron chi connectivity index (χ0n) is 15.3. The van der Waals surface area contributed by atoms with Crippen LogP contribution >= 0.6 is 0 Å². The lowest BCUT2D eigenvalue weighted by atomic mass is 9.54. The Morgan fingerprint density at radius 1 is 1.29 bits per heavy atom. The summed E-state index contributed by atoms with van der Waals surface area (Å²) in [6, 6.07) is 6.45. The molecule has 1 unspecified atom stereocenters. The Morgan fingerprint density at radius 3 is 2.62 bits per heavy atom. The fourth-order valence-corrected chi connectivity index (χ4v) is 4.69. The summed E-state index contributed by atoms with van der Waals surface area (Å²) in [5.41, 5.74) is 3.53. The number of hydrogen-bond donors (Lipinski definition) is 1. The fourth-order valence-electron chi connectivity index (χ4n) is 4.69. The van der Waals surface area contributed by atoms with Crippen LogP contribution in [0.5, 0.6) is 0 Å². The van der Waals surface area contributed by atoms with Crippen molar-refractivity contribution in [1.29, 1.82) is 0 Å². The molecule has 0 aliphatic heterocycles.